The van der Waals surface area contributed by atoms with Crippen molar-refractivity contribution in [2.75, 3.05) is 13.2 Å². The fraction of sp³-hybridized carbons (Fsp3) is 0.571. The van der Waals surface area contributed by atoms with E-state index in [1.807, 2.05) is 6.92 Å². The Bertz CT molecular complexity index is 201. The fourth-order valence-corrected chi connectivity index (χ4v) is 1.58. The van der Waals surface area contributed by atoms with Gasteiger partial charge in [0.25, 0.3) is 0 Å². The molecule has 0 bridgehead atoms. The second kappa shape index (κ2) is 4.28. The Morgan fingerprint density at radius 3 is 3.00 bits per heavy atom. The van der Waals surface area contributed by atoms with Gasteiger partial charge in [-0.2, -0.15) is 0 Å². The molecule has 0 N–H and O–H groups in total. The van der Waals surface area contributed by atoms with Gasteiger partial charge in [0, 0.05) is 0 Å². The molecule has 0 aliphatic carbocycles. The molecule has 1 aliphatic heterocycles. The Kier molecular flexibility index (Phi) is 3.61. The third kappa shape index (κ3) is 2.31. The number of halogens is 1. The standard InChI is InChI=1S/C7H9ClO2.Cr/c1-2-9-5-7-6(8)3-4-10-7;/h2-4H2,1H3;. The Morgan fingerprint density at radius 1 is 1.82 bits per heavy atom. The van der Waals surface area contributed by atoms with Gasteiger partial charge in [0.1, 0.15) is 0 Å². The van der Waals surface area contributed by atoms with Gasteiger partial charge in [0.2, 0.25) is 0 Å². The second-order valence-electron chi connectivity index (χ2n) is 2.05. The molecule has 11 heavy (non-hydrogen) atoms. The van der Waals surface area contributed by atoms with E-state index in [4.69, 9.17) is 21.1 Å². The van der Waals surface area contributed by atoms with Crippen LogP contribution in [0.25, 0.3) is 0 Å². The van der Waals surface area contributed by atoms with Crippen molar-refractivity contribution < 1.29 is 25.3 Å². The molecule has 0 aromatic rings. The number of ether oxygens (including phenoxy) is 2. The van der Waals surface area contributed by atoms with Crippen molar-refractivity contribution in [2.45, 2.75) is 13.3 Å². The van der Waals surface area contributed by atoms with Crippen LogP contribution in [0.2, 0.25) is 0 Å². The van der Waals surface area contributed by atoms with E-state index in [0.717, 1.165) is 11.5 Å². The summed E-state index contributed by atoms with van der Waals surface area (Å²) in [5, 5.41) is 0.743. The zero-order chi connectivity index (χ0) is 8.27. The predicted molar refractivity (Wildman–Crippen MR) is 40.1 cm³/mol. The average molecular weight is 213 g/mol. The van der Waals surface area contributed by atoms with Crippen molar-refractivity contribution in [3.63, 3.8) is 0 Å². The summed E-state index contributed by atoms with van der Waals surface area (Å²) in [7, 11) is 0. The molecule has 0 aromatic heterocycles. The van der Waals surface area contributed by atoms with Crippen molar-refractivity contribution in [2.24, 2.45) is 0 Å². The molecule has 62 valence electrons. The third-order valence-electron chi connectivity index (χ3n) is 1.28. The summed E-state index contributed by atoms with van der Waals surface area (Å²) >= 11 is 8.62. The van der Waals surface area contributed by atoms with E-state index < -0.39 is 0 Å². The summed E-state index contributed by atoms with van der Waals surface area (Å²) in [6, 6.07) is 0. The van der Waals surface area contributed by atoms with E-state index >= 15 is 0 Å². The van der Waals surface area contributed by atoms with Crippen LogP contribution in [0.4, 0.5) is 0 Å². The van der Waals surface area contributed by atoms with Crippen LogP contribution < -0.4 is 0 Å². The zero-order valence-corrected chi connectivity index (χ0v) is 8.25. The topological polar surface area (TPSA) is 18.5 Å². The Hall–Kier alpha value is 0.192. The molecule has 0 amide bonds. The van der Waals surface area contributed by atoms with E-state index in [1.165, 1.54) is 0 Å². The van der Waals surface area contributed by atoms with Gasteiger partial charge in [-0.3, -0.25) is 0 Å². The van der Waals surface area contributed by atoms with Gasteiger partial charge in [-0.05, 0) is 0 Å². The van der Waals surface area contributed by atoms with E-state index in [2.05, 4.69) is 15.9 Å². The Morgan fingerprint density at radius 2 is 2.55 bits per heavy atom. The van der Waals surface area contributed by atoms with Crippen LogP contribution in [0.3, 0.4) is 0 Å². The molecule has 1 heterocycles. The maximum absolute atomic E-state index is 5.84. The van der Waals surface area contributed by atoms with Crippen LogP contribution in [0.5, 0.6) is 0 Å². The molecule has 0 unspecified atom stereocenters. The minimum absolute atomic E-state index is 0.624. The molecule has 0 radical (unpaired) electrons. The van der Waals surface area contributed by atoms with Gasteiger partial charge in [0.15, 0.2) is 0 Å². The van der Waals surface area contributed by atoms with Gasteiger partial charge in [-0.25, -0.2) is 0 Å². The summed E-state index contributed by atoms with van der Waals surface area (Å²) in [5.74, 6) is 0.675. The molecule has 4 heteroatoms. The van der Waals surface area contributed by atoms with Crippen LogP contribution in [-0.4, -0.2) is 17.8 Å². The van der Waals surface area contributed by atoms with Gasteiger partial charge in [-0.15, -0.1) is 0 Å². The van der Waals surface area contributed by atoms with Crippen molar-refractivity contribution in [1.29, 1.82) is 0 Å². The quantitative estimate of drug-likeness (QED) is 0.707. The second-order valence-corrected chi connectivity index (χ2v) is 3.09. The SMILES string of the molecule is CCO[C](=[Cr])C1=C(Cl)CCO1. The molecule has 0 spiro atoms. The van der Waals surface area contributed by atoms with Crippen molar-refractivity contribution in [3.05, 3.63) is 10.8 Å². The van der Waals surface area contributed by atoms with E-state index in [1.54, 1.807) is 0 Å². The molecule has 0 saturated heterocycles. The van der Waals surface area contributed by atoms with Crippen molar-refractivity contribution >= 4 is 16.2 Å². The first-order chi connectivity index (χ1) is 5.25. The molecule has 2 nitrogen and oxygen atoms in total. The number of hydrogen-bond donors (Lipinski definition) is 0. The van der Waals surface area contributed by atoms with Crippen LogP contribution in [0.15, 0.2) is 10.8 Å². The van der Waals surface area contributed by atoms with Crippen molar-refractivity contribution in [3.8, 4) is 0 Å². The molecule has 1 aliphatic rings. The molecular weight excluding hydrogens is 204 g/mol. The normalized spacial score (nSPS) is 16.9. The monoisotopic (exact) mass is 212 g/mol. The number of rotatable bonds is 3. The molecular formula is C7H9ClCrO2. The predicted octanol–water partition coefficient (Wildman–Crippen LogP) is 1.57. The summed E-state index contributed by atoms with van der Waals surface area (Å²) < 4.78 is 11.1. The van der Waals surface area contributed by atoms with Crippen LogP contribution in [0, 0.1) is 0 Å². The molecule has 0 saturated carbocycles. The van der Waals surface area contributed by atoms with E-state index in [-0.39, 0.29) is 0 Å². The van der Waals surface area contributed by atoms with Crippen LogP contribution >= 0.6 is 11.6 Å². The van der Waals surface area contributed by atoms with Gasteiger partial charge in [-0.1, -0.05) is 0 Å². The minimum atomic E-state index is 0.624. The summed E-state index contributed by atoms with van der Waals surface area (Å²) in [4.78, 5) is 0. The van der Waals surface area contributed by atoms with Gasteiger partial charge in [0.05, 0.1) is 0 Å². The van der Waals surface area contributed by atoms with Crippen LogP contribution in [-0.2, 0) is 25.3 Å². The van der Waals surface area contributed by atoms with Crippen molar-refractivity contribution in [1.82, 2.24) is 0 Å². The third-order valence-corrected chi connectivity index (χ3v) is 2.11. The average Bonchev–Trinajstić information content (AvgIpc) is 2.36. The molecule has 0 aromatic carbocycles. The molecule has 0 atom stereocenters. The summed E-state index contributed by atoms with van der Waals surface area (Å²) in [6.07, 6.45) is 0.787. The maximum atomic E-state index is 5.84. The number of hydrogen-bond acceptors (Lipinski definition) is 2. The Balaban J connectivity index is 2.59. The first-order valence-electron chi connectivity index (χ1n) is 3.44. The van der Waals surface area contributed by atoms with E-state index in [0.29, 0.717) is 23.5 Å². The Labute approximate surface area is 79.1 Å². The first-order valence-corrected chi connectivity index (χ1v) is 4.45. The molecule has 0 fully saturated rings. The van der Waals surface area contributed by atoms with Gasteiger partial charge >= 0.3 is 78.8 Å². The molecule has 1 rings (SSSR count). The van der Waals surface area contributed by atoms with E-state index in [9.17, 15) is 0 Å². The zero-order valence-electron chi connectivity index (χ0n) is 6.22. The summed E-state index contributed by atoms with van der Waals surface area (Å²) in [5.41, 5.74) is 0. The summed E-state index contributed by atoms with van der Waals surface area (Å²) in [6.45, 7) is 3.20. The fourth-order valence-electron chi connectivity index (χ4n) is 0.801. The first kappa shape index (κ1) is 9.28. The van der Waals surface area contributed by atoms with Gasteiger partial charge < -0.3 is 0 Å². The van der Waals surface area contributed by atoms with Crippen LogP contribution in [0.1, 0.15) is 13.3 Å².